The molecule has 9 heteroatoms. The molecule has 1 N–H and O–H groups in total. The van der Waals surface area contributed by atoms with Crippen molar-refractivity contribution >= 4 is 53.9 Å². The highest BCUT2D eigenvalue weighted by atomic mass is 32.2. The Balaban J connectivity index is 1.54. The first-order valence-corrected chi connectivity index (χ1v) is 12.4. The van der Waals surface area contributed by atoms with Crippen molar-refractivity contribution in [2.45, 2.75) is 30.9 Å². The van der Waals surface area contributed by atoms with Crippen LogP contribution >= 0.6 is 11.3 Å². The van der Waals surface area contributed by atoms with Gasteiger partial charge in [0.25, 0.3) is 0 Å². The summed E-state index contributed by atoms with van der Waals surface area (Å²) in [5, 5.41) is 4.15. The lowest BCUT2D eigenvalue weighted by molar-refractivity contribution is -0.0170. The monoisotopic (exact) mass is 454 g/mol. The maximum absolute atomic E-state index is 13.4. The van der Waals surface area contributed by atoms with Gasteiger partial charge in [0.15, 0.2) is 0 Å². The fourth-order valence-electron chi connectivity index (χ4n) is 3.83. The third kappa shape index (κ3) is 3.78. The molecule has 4 aromatic rings. The molecule has 5 rings (SSSR count). The van der Waals surface area contributed by atoms with Crippen LogP contribution in [0.15, 0.2) is 59.1 Å². The fourth-order valence-corrected chi connectivity index (χ4v) is 6.21. The molecule has 2 aromatic carbocycles. The zero-order chi connectivity index (χ0) is 21.6. The van der Waals surface area contributed by atoms with Crippen LogP contribution in [0.3, 0.4) is 0 Å². The predicted octanol–water partition coefficient (Wildman–Crippen LogP) is 4.39. The molecule has 2 unspecified atom stereocenters. The number of fused-ring (bicyclic) bond motifs is 2. The van der Waals surface area contributed by atoms with Crippen molar-refractivity contribution in [3.05, 3.63) is 54.2 Å². The smallest absolute Gasteiger partial charge is 0.243 e. The number of thiazole rings is 1. The number of benzene rings is 2. The lowest BCUT2D eigenvalue weighted by atomic mass is 10.2. The average molecular weight is 455 g/mol. The van der Waals surface area contributed by atoms with E-state index in [0.29, 0.717) is 13.2 Å². The van der Waals surface area contributed by atoms with Crippen LogP contribution in [-0.2, 0) is 14.8 Å². The molecule has 3 heterocycles. The van der Waals surface area contributed by atoms with E-state index in [1.54, 1.807) is 35.7 Å². The van der Waals surface area contributed by atoms with Gasteiger partial charge in [-0.05, 0) is 56.3 Å². The van der Waals surface area contributed by atoms with Gasteiger partial charge >= 0.3 is 0 Å². The number of pyridine rings is 1. The maximum atomic E-state index is 13.4. The van der Waals surface area contributed by atoms with E-state index in [9.17, 15) is 8.42 Å². The normalized spacial score (nSPS) is 20.3. The number of hydrogen-bond acceptors (Lipinski definition) is 7. The Morgan fingerprint density at radius 3 is 2.84 bits per heavy atom. The predicted molar refractivity (Wildman–Crippen MR) is 123 cm³/mol. The molecule has 0 bridgehead atoms. The molecular formula is C22H22N4O3S2. The first-order chi connectivity index (χ1) is 14.9. The number of nitrogens with one attached hydrogen (secondary N) is 1. The molecule has 160 valence electrons. The van der Waals surface area contributed by atoms with Crippen molar-refractivity contribution in [2.24, 2.45) is 0 Å². The summed E-state index contributed by atoms with van der Waals surface area (Å²) < 4.78 is 35.0. The van der Waals surface area contributed by atoms with Crippen molar-refractivity contribution in [1.82, 2.24) is 14.3 Å². The van der Waals surface area contributed by atoms with Gasteiger partial charge < -0.3 is 10.1 Å². The van der Waals surface area contributed by atoms with Gasteiger partial charge in [-0.1, -0.05) is 0 Å². The number of ether oxygens (including phenoxy) is 1. The summed E-state index contributed by atoms with van der Waals surface area (Å²) in [4.78, 5) is 9.03. The molecule has 0 spiro atoms. The second-order valence-corrected chi connectivity index (χ2v) is 10.5. The minimum atomic E-state index is -3.66. The van der Waals surface area contributed by atoms with Gasteiger partial charge in [0.1, 0.15) is 0 Å². The van der Waals surface area contributed by atoms with E-state index >= 15 is 0 Å². The summed E-state index contributed by atoms with van der Waals surface area (Å²) >= 11 is 1.59. The third-order valence-electron chi connectivity index (χ3n) is 5.48. The molecule has 1 aliphatic rings. The van der Waals surface area contributed by atoms with Gasteiger partial charge in [0, 0.05) is 35.5 Å². The van der Waals surface area contributed by atoms with Crippen LogP contribution in [0.5, 0.6) is 0 Å². The zero-order valence-corrected chi connectivity index (χ0v) is 18.8. The summed E-state index contributed by atoms with van der Waals surface area (Å²) in [5.41, 5.74) is 5.14. The van der Waals surface area contributed by atoms with Gasteiger partial charge in [-0.15, -0.1) is 11.3 Å². The minimum absolute atomic E-state index is 0.133. The second kappa shape index (κ2) is 7.83. The molecule has 0 aliphatic carbocycles. The third-order valence-corrected chi connectivity index (χ3v) is 8.27. The highest BCUT2D eigenvalue weighted by Crippen LogP contribution is 2.31. The van der Waals surface area contributed by atoms with Crippen molar-refractivity contribution in [1.29, 1.82) is 0 Å². The van der Waals surface area contributed by atoms with E-state index in [-0.39, 0.29) is 17.0 Å². The van der Waals surface area contributed by atoms with E-state index in [0.717, 1.165) is 32.5 Å². The van der Waals surface area contributed by atoms with Gasteiger partial charge in [0.05, 0.1) is 38.9 Å². The van der Waals surface area contributed by atoms with Crippen LogP contribution < -0.4 is 5.32 Å². The van der Waals surface area contributed by atoms with Gasteiger partial charge in [-0.25, -0.2) is 13.4 Å². The number of rotatable bonds is 4. The Hall–Kier alpha value is -2.59. The van der Waals surface area contributed by atoms with Crippen LogP contribution in [0.4, 0.5) is 11.4 Å². The minimum Gasteiger partial charge on any atom is -0.375 e. The number of morpholine rings is 1. The van der Waals surface area contributed by atoms with Gasteiger partial charge in [0.2, 0.25) is 10.0 Å². The Kier molecular flexibility index (Phi) is 5.13. The SMILES string of the molecule is CC1CN(S(=O)(=O)c2ccc3nccc(Nc4ccc5scnc5c4)c3c2)C(C)CO1. The second-order valence-electron chi connectivity index (χ2n) is 7.77. The van der Waals surface area contributed by atoms with E-state index < -0.39 is 10.0 Å². The molecule has 1 fully saturated rings. The molecule has 1 aliphatic heterocycles. The van der Waals surface area contributed by atoms with Crippen LogP contribution in [0.1, 0.15) is 13.8 Å². The van der Waals surface area contributed by atoms with Crippen molar-refractivity contribution in [3.63, 3.8) is 0 Å². The van der Waals surface area contributed by atoms with E-state index in [2.05, 4.69) is 15.3 Å². The summed E-state index contributed by atoms with van der Waals surface area (Å²) in [6.45, 7) is 4.49. The molecule has 1 saturated heterocycles. The van der Waals surface area contributed by atoms with E-state index in [1.165, 1.54) is 4.31 Å². The quantitative estimate of drug-likeness (QED) is 0.492. The van der Waals surface area contributed by atoms with E-state index in [1.807, 2.05) is 43.6 Å². The van der Waals surface area contributed by atoms with Crippen LogP contribution in [0.25, 0.3) is 21.1 Å². The highest BCUT2D eigenvalue weighted by molar-refractivity contribution is 7.89. The lowest BCUT2D eigenvalue weighted by Gasteiger charge is -2.35. The molecule has 31 heavy (non-hydrogen) atoms. The average Bonchev–Trinajstić information content (AvgIpc) is 3.23. The standard InChI is InChI=1S/C22H22N4O3S2/c1-14-12-29-15(2)11-26(14)31(27,28)17-4-5-19-18(10-17)20(7-8-23-19)25-16-3-6-22-21(9-16)24-13-30-22/h3-10,13-15H,11-12H2,1-2H3,(H,23,25). The molecule has 0 amide bonds. The molecule has 2 aromatic heterocycles. The highest BCUT2D eigenvalue weighted by Gasteiger charge is 2.34. The van der Waals surface area contributed by atoms with Gasteiger partial charge in [-0.3, -0.25) is 4.98 Å². The summed E-state index contributed by atoms with van der Waals surface area (Å²) in [6.07, 6.45) is 1.58. The molecule has 0 saturated carbocycles. The number of aromatic nitrogens is 2. The Bertz CT molecular complexity index is 1370. The van der Waals surface area contributed by atoms with Crippen molar-refractivity contribution < 1.29 is 13.2 Å². The first-order valence-electron chi connectivity index (χ1n) is 10.0. The van der Waals surface area contributed by atoms with E-state index in [4.69, 9.17) is 4.74 Å². The fraction of sp³-hybridized carbons (Fsp3) is 0.273. The topological polar surface area (TPSA) is 84.4 Å². The number of nitrogens with zero attached hydrogens (tertiary/aromatic N) is 3. The first kappa shape index (κ1) is 20.3. The number of sulfonamides is 1. The van der Waals surface area contributed by atoms with Crippen molar-refractivity contribution in [2.75, 3.05) is 18.5 Å². The number of hydrogen-bond donors (Lipinski definition) is 1. The van der Waals surface area contributed by atoms with Crippen LogP contribution in [0.2, 0.25) is 0 Å². The molecule has 7 nitrogen and oxygen atoms in total. The van der Waals surface area contributed by atoms with Gasteiger partial charge in [-0.2, -0.15) is 4.31 Å². The molecular weight excluding hydrogens is 432 g/mol. The van der Waals surface area contributed by atoms with Crippen molar-refractivity contribution in [3.8, 4) is 0 Å². The Labute approximate surface area is 184 Å². The Morgan fingerprint density at radius 1 is 1.10 bits per heavy atom. The summed E-state index contributed by atoms with van der Waals surface area (Å²) in [7, 11) is -3.66. The summed E-state index contributed by atoms with van der Waals surface area (Å²) in [5.74, 6) is 0. The molecule has 0 radical (unpaired) electrons. The lowest BCUT2D eigenvalue weighted by Crippen LogP contribution is -2.50. The summed E-state index contributed by atoms with van der Waals surface area (Å²) in [6, 6.07) is 12.7. The zero-order valence-electron chi connectivity index (χ0n) is 17.1. The molecule has 2 atom stereocenters. The van der Waals surface area contributed by atoms with Crippen LogP contribution in [-0.4, -0.2) is 48.0 Å². The number of anilines is 2. The Morgan fingerprint density at radius 2 is 1.97 bits per heavy atom. The largest absolute Gasteiger partial charge is 0.375 e. The van der Waals surface area contributed by atoms with Crippen LogP contribution in [0, 0.1) is 0 Å². The maximum Gasteiger partial charge on any atom is 0.243 e.